The highest BCUT2D eigenvalue weighted by molar-refractivity contribution is 7.23. The van der Waals surface area contributed by atoms with Gasteiger partial charge in [-0.25, -0.2) is 0 Å². The van der Waals surface area contributed by atoms with Crippen LogP contribution >= 0.6 is 11.3 Å². The van der Waals surface area contributed by atoms with Gasteiger partial charge in [-0.05, 0) is 30.2 Å². The molecule has 4 rings (SSSR count). The van der Waals surface area contributed by atoms with Gasteiger partial charge in [-0.3, -0.25) is 14.0 Å². The molecule has 0 bridgehead atoms. The van der Waals surface area contributed by atoms with Crippen LogP contribution in [0, 0.1) is 0 Å². The highest BCUT2D eigenvalue weighted by Crippen LogP contribution is 2.30. The lowest BCUT2D eigenvalue weighted by molar-refractivity contribution is -0.142. The minimum absolute atomic E-state index is 0.231. The first-order chi connectivity index (χ1) is 12.7. The van der Waals surface area contributed by atoms with Gasteiger partial charge < -0.3 is 4.74 Å². The lowest BCUT2D eigenvalue weighted by atomic mass is 10.1. The average molecular weight is 364 g/mol. The molecule has 2 heterocycles. The molecule has 0 aliphatic carbocycles. The number of benzene rings is 2. The van der Waals surface area contributed by atoms with Gasteiger partial charge in [0, 0.05) is 6.07 Å². The van der Waals surface area contributed by atoms with Crippen LogP contribution in [0.5, 0.6) is 0 Å². The number of fused-ring (bicyclic) bond motifs is 3. The summed E-state index contributed by atoms with van der Waals surface area (Å²) in [7, 11) is 0. The van der Waals surface area contributed by atoms with Gasteiger partial charge in [-0.15, -0.1) is 0 Å². The van der Waals surface area contributed by atoms with E-state index in [1.54, 1.807) is 13.0 Å². The molecular formula is C20H16N2O3S. The van der Waals surface area contributed by atoms with Crippen molar-refractivity contribution in [2.45, 2.75) is 13.3 Å². The molecule has 0 spiro atoms. The van der Waals surface area contributed by atoms with E-state index in [-0.39, 0.29) is 17.9 Å². The molecule has 0 saturated carbocycles. The first-order valence-corrected chi connectivity index (χ1v) is 9.13. The number of ether oxygens (including phenoxy) is 1. The Hall–Kier alpha value is -2.99. The van der Waals surface area contributed by atoms with Crippen LogP contribution < -0.4 is 5.56 Å². The van der Waals surface area contributed by atoms with Crippen LogP contribution in [0.25, 0.3) is 26.4 Å². The zero-order chi connectivity index (χ0) is 18.1. The van der Waals surface area contributed by atoms with E-state index >= 15 is 0 Å². The number of nitrogens with zero attached hydrogens (tertiary/aromatic N) is 2. The zero-order valence-corrected chi connectivity index (χ0v) is 15.0. The first kappa shape index (κ1) is 16.5. The van der Waals surface area contributed by atoms with Crippen LogP contribution in [0.1, 0.15) is 12.5 Å². The standard InChI is InChI=1S/C20H16N2O3S/c1-2-25-19(24)11-13-8-9-15-17(10-13)26-20-21-18(23)12-16(22(15)20)14-6-4-3-5-7-14/h3-10,12H,2,11H2,1H3. The number of carbonyl (C=O) groups excluding carboxylic acids is 1. The fourth-order valence-electron chi connectivity index (χ4n) is 3.00. The Kier molecular flexibility index (Phi) is 4.26. The third-order valence-corrected chi connectivity index (χ3v) is 5.09. The highest BCUT2D eigenvalue weighted by Gasteiger charge is 2.13. The van der Waals surface area contributed by atoms with Crippen molar-refractivity contribution in [3.63, 3.8) is 0 Å². The summed E-state index contributed by atoms with van der Waals surface area (Å²) in [6, 6.07) is 17.2. The Morgan fingerprint density at radius 2 is 1.96 bits per heavy atom. The van der Waals surface area contributed by atoms with Crippen molar-refractivity contribution in [2.75, 3.05) is 6.61 Å². The van der Waals surface area contributed by atoms with E-state index in [1.807, 2.05) is 52.9 Å². The first-order valence-electron chi connectivity index (χ1n) is 8.32. The summed E-state index contributed by atoms with van der Waals surface area (Å²) in [5, 5.41) is 0. The number of carbonyl (C=O) groups is 1. The van der Waals surface area contributed by atoms with E-state index in [1.165, 1.54) is 11.3 Å². The van der Waals surface area contributed by atoms with Crippen LogP contribution in [0.4, 0.5) is 0 Å². The molecule has 4 aromatic rings. The van der Waals surface area contributed by atoms with Crippen LogP contribution in [0.2, 0.25) is 0 Å². The second-order valence-corrected chi connectivity index (χ2v) is 6.86. The summed E-state index contributed by atoms with van der Waals surface area (Å²) in [6.45, 7) is 2.16. The fourth-order valence-corrected chi connectivity index (χ4v) is 4.09. The number of rotatable bonds is 4. The highest BCUT2D eigenvalue weighted by atomic mass is 32.1. The van der Waals surface area contributed by atoms with E-state index in [0.717, 1.165) is 27.0 Å². The quantitative estimate of drug-likeness (QED) is 0.518. The second kappa shape index (κ2) is 6.72. The molecule has 0 aliphatic rings. The largest absolute Gasteiger partial charge is 0.466 e. The van der Waals surface area contributed by atoms with Crippen molar-refractivity contribution >= 4 is 32.5 Å². The SMILES string of the molecule is CCOC(=O)Cc1ccc2c(c1)sc1nc(=O)cc(-c3ccccc3)n12. The summed E-state index contributed by atoms with van der Waals surface area (Å²) in [5.74, 6) is -0.245. The van der Waals surface area contributed by atoms with Gasteiger partial charge in [0.1, 0.15) is 0 Å². The van der Waals surface area contributed by atoms with E-state index in [0.29, 0.717) is 11.6 Å². The lowest BCUT2D eigenvalue weighted by Crippen LogP contribution is -2.08. The van der Waals surface area contributed by atoms with Gasteiger partial charge in [0.2, 0.25) is 0 Å². The number of hydrogen-bond donors (Lipinski definition) is 0. The molecule has 0 fully saturated rings. The molecule has 6 heteroatoms. The minimum atomic E-state index is -0.262. The Morgan fingerprint density at radius 1 is 1.15 bits per heavy atom. The van der Waals surface area contributed by atoms with E-state index in [9.17, 15) is 9.59 Å². The van der Waals surface area contributed by atoms with Gasteiger partial charge >= 0.3 is 5.97 Å². The van der Waals surface area contributed by atoms with Crippen LogP contribution in [0.15, 0.2) is 59.4 Å². The van der Waals surface area contributed by atoms with Gasteiger partial charge in [0.15, 0.2) is 4.96 Å². The Morgan fingerprint density at radius 3 is 2.73 bits per heavy atom. The molecular weight excluding hydrogens is 348 g/mol. The fraction of sp³-hybridized carbons (Fsp3) is 0.150. The van der Waals surface area contributed by atoms with Crippen LogP contribution in [-0.4, -0.2) is 22.0 Å². The van der Waals surface area contributed by atoms with Crippen molar-refractivity contribution < 1.29 is 9.53 Å². The Bertz CT molecular complexity index is 1160. The van der Waals surface area contributed by atoms with Crippen molar-refractivity contribution in [3.05, 3.63) is 70.5 Å². The van der Waals surface area contributed by atoms with Crippen LogP contribution in [0.3, 0.4) is 0 Å². The van der Waals surface area contributed by atoms with E-state index < -0.39 is 0 Å². The summed E-state index contributed by atoms with van der Waals surface area (Å²) >= 11 is 1.44. The van der Waals surface area contributed by atoms with Gasteiger partial charge in [0.25, 0.3) is 5.56 Å². The normalized spacial score (nSPS) is 11.1. The molecule has 5 nitrogen and oxygen atoms in total. The molecule has 0 aliphatic heterocycles. The molecule has 0 amide bonds. The van der Waals surface area contributed by atoms with Crippen LogP contribution in [-0.2, 0) is 16.0 Å². The smallest absolute Gasteiger partial charge is 0.310 e. The second-order valence-electron chi connectivity index (χ2n) is 5.85. The molecule has 2 aromatic carbocycles. The maximum atomic E-state index is 12.1. The molecule has 0 unspecified atom stereocenters. The maximum absolute atomic E-state index is 12.1. The van der Waals surface area contributed by atoms with Crippen molar-refractivity contribution in [2.24, 2.45) is 0 Å². The molecule has 26 heavy (non-hydrogen) atoms. The zero-order valence-electron chi connectivity index (χ0n) is 14.1. The summed E-state index contributed by atoms with van der Waals surface area (Å²) in [4.78, 5) is 28.6. The van der Waals surface area contributed by atoms with Crippen molar-refractivity contribution in [3.8, 4) is 11.3 Å². The number of esters is 1. The third-order valence-electron chi connectivity index (χ3n) is 4.09. The molecule has 0 atom stereocenters. The Balaban J connectivity index is 1.89. The monoisotopic (exact) mass is 364 g/mol. The van der Waals surface area contributed by atoms with E-state index in [4.69, 9.17) is 4.74 Å². The van der Waals surface area contributed by atoms with Crippen molar-refractivity contribution in [1.82, 2.24) is 9.38 Å². The van der Waals surface area contributed by atoms with Crippen molar-refractivity contribution in [1.29, 1.82) is 0 Å². The number of hydrogen-bond acceptors (Lipinski definition) is 5. The average Bonchev–Trinajstić information content (AvgIpc) is 2.99. The predicted molar refractivity (Wildman–Crippen MR) is 103 cm³/mol. The molecule has 130 valence electrons. The Labute approximate surface area is 153 Å². The molecule has 2 aromatic heterocycles. The summed E-state index contributed by atoms with van der Waals surface area (Å²) in [5.41, 5.74) is 3.35. The summed E-state index contributed by atoms with van der Waals surface area (Å²) in [6.07, 6.45) is 0.231. The van der Waals surface area contributed by atoms with Gasteiger partial charge in [-0.1, -0.05) is 47.7 Å². The lowest BCUT2D eigenvalue weighted by Gasteiger charge is -2.06. The third kappa shape index (κ3) is 2.99. The van der Waals surface area contributed by atoms with Gasteiger partial charge in [0.05, 0.1) is 28.9 Å². The predicted octanol–water partition coefficient (Wildman–Crippen LogP) is 3.68. The minimum Gasteiger partial charge on any atom is -0.466 e. The maximum Gasteiger partial charge on any atom is 0.310 e. The molecule has 0 saturated heterocycles. The number of aromatic nitrogens is 2. The number of thiazole rings is 1. The summed E-state index contributed by atoms with van der Waals surface area (Å²) < 4.78 is 7.98. The topological polar surface area (TPSA) is 60.7 Å². The molecule has 0 N–H and O–H groups in total. The molecule has 0 radical (unpaired) electrons. The van der Waals surface area contributed by atoms with E-state index in [2.05, 4.69) is 4.98 Å². The van der Waals surface area contributed by atoms with Gasteiger partial charge in [-0.2, -0.15) is 4.98 Å².